The normalized spacial score (nSPS) is 9.31. The van der Waals surface area contributed by atoms with Crippen LogP contribution in [-0.2, 0) is 14.5 Å². The number of benzene rings is 1. The minimum absolute atomic E-state index is 0.224. The van der Waals surface area contributed by atoms with Crippen molar-refractivity contribution < 1.29 is 24.1 Å². The maximum Gasteiger partial charge on any atom is 0.549 e. The monoisotopic (exact) mass is 224 g/mol. The minimum atomic E-state index is -1.02. The first-order chi connectivity index (χ1) is 7.74. The van der Waals surface area contributed by atoms with E-state index in [2.05, 4.69) is 14.5 Å². The second-order valence-corrected chi connectivity index (χ2v) is 2.92. The van der Waals surface area contributed by atoms with Crippen molar-refractivity contribution in [3.8, 4) is 0 Å². The van der Waals surface area contributed by atoms with Gasteiger partial charge in [-0.1, -0.05) is 25.1 Å². The standard InChI is InChI=1S/C11H12O5/c1-2-8-14-11(13)16-15-10(12)9-6-4-3-5-7-9/h3-7H,2,8H2,1H3. The number of hydrogen-bond donors (Lipinski definition) is 0. The van der Waals surface area contributed by atoms with Crippen molar-refractivity contribution in [3.63, 3.8) is 0 Å². The Hall–Kier alpha value is -2.04. The van der Waals surface area contributed by atoms with E-state index >= 15 is 0 Å². The lowest BCUT2D eigenvalue weighted by atomic mass is 10.2. The van der Waals surface area contributed by atoms with Crippen molar-refractivity contribution in [2.45, 2.75) is 13.3 Å². The molecule has 0 aliphatic heterocycles. The van der Waals surface area contributed by atoms with Crippen LogP contribution in [0.1, 0.15) is 23.7 Å². The lowest BCUT2D eigenvalue weighted by Gasteiger charge is -2.03. The lowest BCUT2D eigenvalue weighted by Crippen LogP contribution is -2.13. The van der Waals surface area contributed by atoms with Gasteiger partial charge in [-0.25, -0.2) is 14.6 Å². The van der Waals surface area contributed by atoms with E-state index in [9.17, 15) is 9.59 Å². The van der Waals surface area contributed by atoms with Gasteiger partial charge in [-0.3, -0.25) is 0 Å². The SMILES string of the molecule is CCCOC(=O)OOC(=O)c1ccccc1. The Labute approximate surface area is 92.8 Å². The van der Waals surface area contributed by atoms with E-state index < -0.39 is 12.1 Å². The molecule has 0 N–H and O–H groups in total. The van der Waals surface area contributed by atoms with Crippen LogP contribution >= 0.6 is 0 Å². The van der Waals surface area contributed by atoms with E-state index in [1.54, 1.807) is 30.3 Å². The highest BCUT2D eigenvalue weighted by molar-refractivity contribution is 5.89. The first-order valence-electron chi connectivity index (χ1n) is 4.84. The number of rotatable bonds is 3. The summed E-state index contributed by atoms with van der Waals surface area (Å²) in [5.41, 5.74) is 0.297. The van der Waals surface area contributed by atoms with Gasteiger partial charge in [0.1, 0.15) is 0 Å². The van der Waals surface area contributed by atoms with Gasteiger partial charge in [0, 0.05) is 0 Å². The highest BCUT2D eigenvalue weighted by atomic mass is 17.2. The highest BCUT2D eigenvalue weighted by Gasteiger charge is 2.11. The molecule has 1 aromatic rings. The van der Waals surface area contributed by atoms with Crippen LogP contribution in [0.25, 0.3) is 0 Å². The average Bonchev–Trinajstić information content (AvgIpc) is 2.34. The molecule has 5 heteroatoms. The fourth-order valence-corrected chi connectivity index (χ4v) is 0.904. The molecular weight excluding hydrogens is 212 g/mol. The fraction of sp³-hybridized carbons (Fsp3) is 0.273. The molecule has 0 saturated carbocycles. The summed E-state index contributed by atoms with van der Waals surface area (Å²) >= 11 is 0. The Morgan fingerprint density at radius 1 is 1.12 bits per heavy atom. The van der Waals surface area contributed by atoms with Gasteiger partial charge in [0.05, 0.1) is 12.2 Å². The highest BCUT2D eigenvalue weighted by Crippen LogP contribution is 2.01. The third-order valence-corrected chi connectivity index (χ3v) is 1.62. The topological polar surface area (TPSA) is 61.8 Å². The molecule has 0 amide bonds. The van der Waals surface area contributed by atoms with E-state index in [1.807, 2.05) is 6.92 Å². The van der Waals surface area contributed by atoms with E-state index in [0.29, 0.717) is 12.0 Å². The molecule has 0 unspecified atom stereocenters. The molecule has 0 spiro atoms. The summed E-state index contributed by atoms with van der Waals surface area (Å²) < 4.78 is 4.54. The first-order valence-corrected chi connectivity index (χ1v) is 4.84. The summed E-state index contributed by atoms with van der Waals surface area (Å²) in [7, 11) is 0. The predicted molar refractivity (Wildman–Crippen MR) is 54.6 cm³/mol. The zero-order valence-corrected chi connectivity index (χ0v) is 8.84. The summed E-state index contributed by atoms with van der Waals surface area (Å²) in [6, 6.07) is 8.19. The van der Waals surface area contributed by atoms with Crippen LogP contribution in [0.2, 0.25) is 0 Å². The Morgan fingerprint density at radius 2 is 1.81 bits per heavy atom. The summed E-state index contributed by atoms with van der Waals surface area (Å²) in [4.78, 5) is 30.5. The molecule has 0 atom stereocenters. The Bertz CT molecular complexity index is 347. The van der Waals surface area contributed by atoms with Gasteiger partial charge >= 0.3 is 12.1 Å². The summed E-state index contributed by atoms with van der Waals surface area (Å²) in [6.07, 6.45) is -0.354. The Kier molecular flexibility index (Phi) is 4.85. The first kappa shape index (κ1) is 12.0. The zero-order valence-electron chi connectivity index (χ0n) is 8.84. The predicted octanol–water partition coefficient (Wildman–Crippen LogP) is 2.32. The quantitative estimate of drug-likeness (QED) is 0.448. The smallest absolute Gasteiger partial charge is 0.432 e. The van der Waals surface area contributed by atoms with Crippen LogP contribution in [0.4, 0.5) is 4.79 Å². The van der Waals surface area contributed by atoms with Gasteiger partial charge < -0.3 is 4.74 Å². The molecule has 0 aromatic heterocycles. The summed E-state index contributed by atoms with van der Waals surface area (Å²) in [6.45, 7) is 2.06. The van der Waals surface area contributed by atoms with Crippen molar-refractivity contribution in [1.29, 1.82) is 0 Å². The Morgan fingerprint density at radius 3 is 2.44 bits per heavy atom. The molecule has 0 bridgehead atoms. The van der Waals surface area contributed by atoms with E-state index in [-0.39, 0.29) is 6.61 Å². The minimum Gasteiger partial charge on any atom is -0.432 e. The third-order valence-electron chi connectivity index (χ3n) is 1.62. The van der Waals surface area contributed by atoms with Gasteiger partial charge in [0.15, 0.2) is 0 Å². The molecule has 0 aliphatic rings. The fourth-order valence-electron chi connectivity index (χ4n) is 0.904. The second-order valence-electron chi connectivity index (χ2n) is 2.92. The number of carbonyl (C=O) groups excluding carboxylic acids is 2. The van der Waals surface area contributed by atoms with Crippen LogP contribution in [0.3, 0.4) is 0 Å². The van der Waals surface area contributed by atoms with Crippen molar-refractivity contribution >= 4 is 12.1 Å². The van der Waals surface area contributed by atoms with Gasteiger partial charge in [-0.05, 0) is 18.6 Å². The summed E-state index contributed by atoms with van der Waals surface area (Å²) in [5.74, 6) is -0.742. The molecule has 0 heterocycles. The molecule has 5 nitrogen and oxygen atoms in total. The Balaban J connectivity index is 2.33. The van der Waals surface area contributed by atoms with E-state index in [4.69, 9.17) is 0 Å². The van der Waals surface area contributed by atoms with E-state index in [1.165, 1.54) is 0 Å². The molecule has 86 valence electrons. The number of ether oxygens (including phenoxy) is 1. The van der Waals surface area contributed by atoms with Crippen LogP contribution < -0.4 is 0 Å². The van der Waals surface area contributed by atoms with Crippen LogP contribution in [0.5, 0.6) is 0 Å². The van der Waals surface area contributed by atoms with Gasteiger partial charge in [-0.15, -0.1) is 0 Å². The molecule has 1 rings (SSSR count). The lowest BCUT2D eigenvalue weighted by molar-refractivity contribution is -0.203. The van der Waals surface area contributed by atoms with Crippen molar-refractivity contribution in [2.75, 3.05) is 6.61 Å². The average molecular weight is 224 g/mol. The van der Waals surface area contributed by atoms with Gasteiger partial charge in [0.25, 0.3) is 0 Å². The van der Waals surface area contributed by atoms with Crippen molar-refractivity contribution in [1.82, 2.24) is 0 Å². The van der Waals surface area contributed by atoms with E-state index in [0.717, 1.165) is 0 Å². The molecule has 0 radical (unpaired) electrons. The van der Waals surface area contributed by atoms with Crippen molar-refractivity contribution in [3.05, 3.63) is 35.9 Å². The maximum absolute atomic E-state index is 11.3. The molecule has 0 saturated heterocycles. The maximum atomic E-state index is 11.3. The van der Waals surface area contributed by atoms with Crippen LogP contribution in [0.15, 0.2) is 30.3 Å². The zero-order chi connectivity index (χ0) is 11.8. The summed E-state index contributed by atoms with van der Waals surface area (Å²) in [5, 5.41) is 0. The molecule has 16 heavy (non-hydrogen) atoms. The van der Waals surface area contributed by atoms with Gasteiger partial charge in [0.2, 0.25) is 0 Å². The van der Waals surface area contributed by atoms with Crippen LogP contribution in [0, 0.1) is 0 Å². The van der Waals surface area contributed by atoms with Crippen LogP contribution in [-0.4, -0.2) is 18.7 Å². The van der Waals surface area contributed by atoms with Gasteiger partial charge in [-0.2, -0.15) is 4.79 Å². The molecule has 1 aromatic carbocycles. The number of carbonyl (C=O) groups is 2. The van der Waals surface area contributed by atoms with Crippen molar-refractivity contribution in [2.24, 2.45) is 0 Å². The molecule has 0 fully saturated rings. The second kappa shape index (κ2) is 6.44. The molecule has 0 aliphatic carbocycles. The molecular formula is C11H12O5. The number of hydrogen-bond acceptors (Lipinski definition) is 5. The largest absolute Gasteiger partial charge is 0.549 e. The third kappa shape index (κ3) is 4.00.